The van der Waals surface area contributed by atoms with E-state index in [2.05, 4.69) is 22.0 Å². The van der Waals surface area contributed by atoms with E-state index in [-0.39, 0.29) is 5.92 Å². The zero-order chi connectivity index (χ0) is 9.68. The zero-order valence-electron chi connectivity index (χ0n) is 7.00. The van der Waals surface area contributed by atoms with Gasteiger partial charge in [0.2, 0.25) is 0 Å². The minimum Gasteiger partial charge on any atom is -0.198 e. The van der Waals surface area contributed by atoms with Crippen LogP contribution in [0.3, 0.4) is 0 Å². The quantitative estimate of drug-likeness (QED) is 0.763. The Hall–Kier alpha value is -0.520. The largest absolute Gasteiger partial charge is 0.198 e. The molecule has 1 unspecified atom stereocenters. The lowest BCUT2D eigenvalue weighted by molar-refractivity contribution is 0.746. The molecule has 1 aromatic carbocycles. The fourth-order valence-electron chi connectivity index (χ4n) is 1.04. The Kier molecular flexibility index (Phi) is 4.27. The van der Waals surface area contributed by atoms with Crippen LogP contribution in [-0.2, 0) is 6.42 Å². The normalized spacial score (nSPS) is 12.1. The Morgan fingerprint density at radius 2 is 2.00 bits per heavy atom. The van der Waals surface area contributed by atoms with E-state index in [4.69, 9.17) is 16.9 Å². The average molecular weight is 259 g/mol. The van der Waals surface area contributed by atoms with Gasteiger partial charge in [0.15, 0.2) is 0 Å². The van der Waals surface area contributed by atoms with Gasteiger partial charge in [-0.05, 0) is 24.1 Å². The van der Waals surface area contributed by atoms with E-state index >= 15 is 0 Å². The van der Waals surface area contributed by atoms with Crippen molar-refractivity contribution < 1.29 is 0 Å². The Morgan fingerprint density at radius 1 is 1.38 bits per heavy atom. The van der Waals surface area contributed by atoms with Crippen molar-refractivity contribution in [1.82, 2.24) is 0 Å². The molecular weight excluding hydrogens is 249 g/mol. The molecule has 0 fully saturated rings. The molecule has 0 aliphatic heterocycles. The topological polar surface area (TPSA) is 23.8 Å². The molecule has 1 rings (SSSR count). The summed E-state index contributed by atoms with van der Waals surface area (Å²) in [5, 5.41) is 8.70. The van der Waals surface area contributed by atoms with Crippen LogP contribution in [0.2, 0.25) is 0 Å². The van der Waals surface area contributed by atoms with E-state index in [0.29, 0.717) is 5.88 Å². The van der Waals surface area contributed by atoms with E-state index in [1.807, 2.05) is 24.3 Å². The molecule has 0 aliphatic carbocycles. The van der Waals surface area contributed by atoms with Crippen LogP contribution < -0.4 is 0 Å². The third-order valence-electron chi connectivity index (χ3n) is 1.76. The van der Waals surface area contributed by atoms with Crippen LogP contribution in [0, 0.1) is 17.2 Å². The monoisotopic (exact) mass is 257 g/mol. The van der Waals surface area contributed by atoms with E-state index in [1.54, 1.807) is 0 Å². The number of alkyl halides is 1. The molecule has 3 heteroatoms. The number of rotatable bonds is 3. The number of benzene rings is 1. The maximum absolute atomic E-state index is 8.70. The zero-order valence-corrected chi connectivity index (χ0v) is 9.35. The summed E-state index contributed by atoms with van der Waals surface area (Å²) in [6, 6.07) is 10.1. The molecule has 1 nitrogen and oxygen atoms in total. The lowest BCUT2D eigenvalue weighted by atomic mass is 10.0. The minimum absolute atomic E-state index is 0.0807. The van der Waals surface area contributed by atoms with Gasteiger partial charge in [-0.1, -0.05) is 28.1 Å². The van der Waals surface area contributed by atoms with Gasteiger partial charge in [0.1, 0.15) is 0 Å². The molecule has 1 aromatic rings. The maximum atomic E-state index is 8.70. The third-order valence-corrected chi connectivity index (χ3v) is 2.67. The smallest absolute Gasteiger partial charge is 0.0671 e. The van der Waals surface area contributed by atoms with Crippen molar-refractivity contribution in [3.63, 3.8) is 0 Å². The first-order chi connectivity index (χ1) is 6.26. The van der Waals surface area contributed by atoms with Gasteiger partial charge in [0, 0.05) is 10.4 Å². The Bertz CT molecular complexity index is 302. The summed E-state index contributed by atoms with van der Waals surface area (Å²) in [6.07, 6.45) is 0.729. The van der Waals surface area contributed by atoms with E-state index in [1.165, 1.54) is 0 Å². The predicted molar refractivity (Wildman–Crippen MR) is 57.7 cm³/mol. The van der Waals surface area contributed by atoms with Crippen LogP contribution in [0.15, 0.2) is 28.7 Å². The summed E-state index contributed by atoms with van der Waals surface area (Å²) in [4.78, 5) is 0. The van der Waals surface area contributed by atoms with Crippen LogP contribution in [-0.4, -0.2) is 5.88 Å². The highest BCUT2D eigenvalue weighted by Gasteiger charge is 2.06. The summed E-state index contributed by atoms with van der Waals surface area (Å²) in [5.74, 6) is 0.315. The average Bonchev–Trinajstić information content (AvgIpc) is 2.17. The van der Waals surface area contributed by atoms with Gasteiger partial charge in [-0.15, -0.1) is 11.6 Å². The van der Waals surface area contributed by atoms with Crippen molar-refractivity contribution in [2.45, 2.75) is 6.42 Å². The molecule has 0 aliphatic rings. The van der Waals surface area contributed by atoms with Crippen LogP contribution in [0.4, 0.5) is 0 Å². The summed E-state index contributed by atoms with van der Waals surface area (Å²) in [5.41, 5.74) is 1.15. The van der Waals surface area contributed by atoms with Crippen molar-refractivity contribution >= 4 is 27.5 Å². The van der Waals surface area contributed by atoms with Gasteiger partial charge in [-0.3, -0.25) is 0 Å². The van der Waals surface area contributed by atoms with Gasteiger partial charge in [-0.2, -0.15) is 5.26 Å². The molecule has 0 heterocycles. The summed E-state index contributed by atoms with van der Waals surface area (Å²) < 4.78 is 1.05. The van der Waals surface area contributed by atoms with Crippen molar-refractivity contribution in [2.24, 2.45) is 5.92 Å². The number of hydrogen-bond donors (Lipinski definition) is 0. The van der Waals surface area contributed by atoms with Crippen molar-refractivity contribution in [1.29, 1.82) is 5.26 Å². The number of halogens is 2. The van der Waals surface area contributed by atoms with Gasteiger partial charge < -0.3 is 0 Å². The predicted octanol–water partition coefficient (Wildman–Crippen LogP) is 3.37. The second-order valence-electron chi connectivity index (χ2n) is 2.81. The molecule has 0 bridgehead atoms. The highest BCUT2D eigenvalue weighted by atomic mass is 79.9. The van der Waals surface area contributed by atoms with Crippen LogP contribution in [0.1, 0.15) is 5.56 Å². The first-order valence-corrected chi connectivity index (χ1v) is 5.29. The Labute approximate surface area is 91.5 Å². The number of nitrogens with zero attached hydrogens (tertiary/aromatic N) is 1. The summed E-state index contributed by atoms with van der Waals surface area (Å²) in [6.45, 7) is 0. The first kappa shape index (κ1) is 10.6. The molecule has 1 atom stereocenters. The van der Waals surface area contributed by atoms with Crippen LogP contribution in [0.25, 0.3) is 0 Å². The minimum atomic E-state index is -0.0807. The first-order valence-electron chi connectivity index (χ1n) is 3.96. The Morgan fingerprint density at radius 3 is 2.46 bits per heavy atom. The van der Waals surface area contributed by atoms with Gasteiger partial charge in [-0.25, -0.2) is 0 Å². The highest BCUT2D eigenvalue weighted by molar-refractivity contribution is 9.10. The second kappa shape index (κ2) is 5.26. The maximum Gasteiger partial charge on any atom is 0.0671 e. The second-order valence-corrected chi connectivity index (χ2v) is 4.04. The van der Waals surface area contributed by atoms with Crippen LogP contribution >= 0.6 is 27.5 Å². The molecule has 68 valence electrons. The lowest BCUT2D eigenvalue weighted by Crippen LogP contribution is -2.02. The molecule has 0 saturated carbocycles. The van der Waals surface area contributed by atoms with E-state index < -0.39 is 0 Å². The third kappa shape index (κ3) is 3.38. The standard InChI is InChI=1S/C10H9BrClN/c11-10-3-1-8(2-4-10)5-9(6-12)7-13/h1-4,9H,5-6H2. The van der Waals surface area contributed by atoms with Crippen molar-refractivity contribution in [3.8, 4) is 6.07 Å². The molecule has 0 N–H and O–H groups in total. The van der Waals surface area contributed by atoms with Gasteiger partial charge >= 0.3 is 0 Å². The van der Waals surface area contributed by atoms with E-state index in [0.717, 1.165) is 16.5 Å². The molecular formula is C10H9BrClN. The molecule has 0 saturated heterocycles. The highest BCUT2D eigenvalue weighted by Crippen LogP contribution is 2.14. The Balaban J connectivity index is 2.64. The van der Waals surface area contributed by atoms with Gasteiger partial charge in [0.05, 0.1) is 12.0 Å². The van der Waals surface area contributed by atoms with Crippen LogP contribution in [0.5, 0.6) is 0 Å². The summed E-state index contributed by atoms with van der Waals surface area (Å²) in [7, 11) is 0. The fraction of sp³-hybridized carbons (Fsp3) is 0.300. The number of nitriles is 1. The molecule has 0 spiro atoms. The lowest BCUT2D eigenvalue weighted by Gasteiger charge is -2.04. The molecule has 0 radical (unpaired) electrons. The fourth-order valence-corrected chi connectivity index (χ4v) is 1.48. The number of hydrogen-bond acceptors (Lipinski definition) is 1. The summed E-state index contributed by atoms with van der Waals surface area (Å²) >= 11 is 8.97. The molecule has 0 aromatic heterocycles. The molecule has 13 heavy (non-hydrogen) atoms. The molecule has 0 amide bonds. The van der Waals surface area contributed by atoms with Gasteiger partial charge in [0.25, 0.3) is 0 Å². The van der Waals surface area contributed by atoms with Crippen molar-refractivity contribution in [2.75, 3.05) is 5.88 Å². The van der Waals surface area contributed by atoms with E-state index in [9.17, 15) is 0 Å². The van der Waals surface area contributed by atoms with Crippen molar-refractivity contribution in [3.05, 3.63) is 34.3 Å². The SMILES string of the molecule is N#CC(CCl)Cc1ccc(Br)cc1.